The number of aryl methyl sites for hydroxylation is 1. The summed E-state index contributed by atoms with van der Waals surface area (Å²) in [6, 6.07) is 9.57. The molecule has 0 fully saturated rings. The summed E-state index contributed by atoms with van der Waals surface area (Å²) in [4.78, 5) is 11.8. The third-order valence-electron chi connectivity index (χ3n) is 3.19. The number of carbonyl (C=O) groups excluding carboxylic acids is 1. The lowest BCUT2D eigenvalue weighted by molar-refractivity contribution is -0.118. The summed E-state index contributed by atoms with van der Waals surface area (Å²) in [5.74, 6) is 1.33. The summed E-state index contributed by atoms with van der Waals surface area (Å²) in [6.07, 6.45) is 0.984. The lowest BCUT2D eigenvalue weighted by Crippen LogP contribution is -2.20. The number of hydrogen-bond donors (Lipinski definition) is 2. The van der Waals surface area contributed by atoms with E-state index >= 15 is 0 Å². The molecule has 0 radical (unpaired) electrons. The molecule has 0 spiro atoms. The van der Waals surface area contributed by atoms with E-state index in [2.05, 4.69) is 36.3 Å². The SMILES string of the molecule is CCc1ccc(OCC(=O)Nc2cc(C(C)C)[nH]n2)cc1. The van der Waals surface area contributed by atoms with Crippen molar-refractivity contribution in [3.63, 3.8) is 0 Å². The van der Waals surface area contributed by atoms with Crippen LogP contribution in [0.5, 0.6) is 5.75 Å². The maximum atomic E-state index is 11.8. The molecule has 5 heteroatoms. The van der Waals surface area contributed by atoms with Crippen LogP contribution in [0.4, 0.5) is 5.82 Å². The Labute approximate surface area is 124 Å². The number of benzene rings is 1. The number of nitrogens with one attached hydrogen (secondary N) is 2. The second-order valence-electron chi connectivity index (χ2n) is 5.20. The molecule has 112 valence electrons. The standard InChI is InChI=1S/C16H21N3O2/c1-4-12-5-7-13(8-6-12)21-10-16(20)17-15-9-14(11(2)3)18-19-15/h5-9,11H,4,10H2,1-3H3,(H2,17,18,19,20). The second kappa shape index (κ2) is 6.92. The lowest BCUT2D eigenvalue weighted by Gasteiger charge is -2.06. The predicted octanol–water partition coefficient (Wildman–Crippen LogP) is 3.11. The number of aromatic nitrogens is 2. The average molecular weight is 287 g/mol. The van der Waals surface area contributed by atoms with Crippen LogP contribution in [0.15, 0.2) is 30.3 Å². The van der Waals surface area contributed by atoms with E-state index in [-0.39, 0.29) is 12.5 Å². The molecule has 21 heavy (non-hydrogen) atoms. The van der Waals surface area contributed by atoms with Crippen molar-refractivity contribution in [2.24, 2.45) is 0 Å². The van der Waals surface area contributed by atoms with E-state index in [0.717, 1.165) is 12.1 Å². The van der Waals surface area contributed by atoms with Gasteiger partial charge in [-0.25, -0.2) is 0 Å². The Morgan fingerprint density at radius 1 is 1.33 bits per heavy atom. The van der Waals surface area contributed by atoms with Crippen molar-refractivity contribution in [2.75, 3.05) is 11.9 Å². The molecule has 2 aromatic rings. The number of amides is 1. The van der Waals surface area contributed by atoms with E-state index in [4.69, 9.17) is 4.74 Å². The van der Waals surface area contributed by atoms with Crippen molar-refractivity contribution in [2.45, 2.75) is 33.1 Å². The fraction of sp³-hybridized carbons (Fsp3) is 0.375. The molecule has 0 aliphatic carbocycles. The normalized spacial score (nSPS) is 10.7. The molecule has 1 aromatic heterocycles. The number of ether oxygens (including phenoxy) is 1. The van der Waals surface area contributed by atoms with Gasteiger partial charge in [-0.1, -0.05) is 32.9 Å². The zero-order chi connectivity index (χ0) is 15.2. The van der Waals surface area contributed by atoms with E-state index < -0.39 is 0 Å². The van der Waals surface area contributed by atoms with Gasteiger partial charge in [0.05, 0.1) is 0 Å². The maximum Gasteiger partial charge on any atom is 0.263 e. The fourth-order valence-corrected chi connectivity index (χ4v) is 1.85. The molecule has 0 aliphatic rings. The van der Waals surface area contributed by atoms with Crippen molar-refractivity contribution in [3.8, 4) is 5.75 Å². The molecule has 0 atom stereocenters. The highest BCUT2D eigenvalue weighted by atomic mass is 16.5. The monoisotopic (exact) mass is 287 g/mol. The molecule has 2 rings (SSSR count). The minimum Gasteiger partial charge on any atom is -0.484 e. The lowest BCUT2D eigenvalue weighted by atomic mass is 10.1. The first kappa shape index (κ1) is 15.1. The number of anilines is 1. The van der Waals surface area contributed by atoms with E-state index in [0.29, 0.717) is 17.5 Å². The van der Waals surface area contributed by atoms with Crippen molar-refractivity contribution in [3.05, 3.63) is 41.6 Å². The van der Waals surface area contributed by atoms with Gasteiger partial charge in [0.15, 0.2) is 12.4 Å². The molecule has 0 aliphatic heterocycles. The maximum absolute atomic E-state index is 11.8. The van der Waals surface area contributed by atoms with Crippen LogP contribution in [0.1, 0.15) is 37.9 Å². The van der Waals surface area contributed by atoms with Crippen molar-refractivity contribution < 1.29 is 9.53 Å². The first-order valence-corrected chi connectivity index (χ1v) is 7.15. The van der Waals surface area contributed by atoms with Crippen LogP contribution >= 0.6 is 0 Å². The first-order valence-electron chi connectivity index (χ1n) is 7.15. The molecular weight excluding hydrogens is 266 g/mol. The molecule has 0 bridgehead atoms. The summed E-state index contributed by atoms with van der Waals surface area (Å²) in [6.45, 7) is 6.18. The van der Waals surface area contributed by atoms with Crippen molar-refractivity contribution in [1.29, 1.82) is 0 Å². The third-order valence-corrected chi connectivity index (χ3v) is 3.19. The third kappa shape index (κ3) is 4.34. The molecule has 0 saturated heterocycles. The topological polar surface area (TPSA) is 67.0 Å². The Balaban J connectivity index is 1.83. The van der Waals surface area contributed by atoms with Gasteiger partial charge in [-0.2, -0.15) is 5.10 Å². The van der Waals surface area contributed by atoms with Crippen LogP contribution in [0.3, 0.4) is 0 Å². The number of H-pyrrole nitrogens is 1. The van der Waals surface area contributed by atoms with E-state index in [1.165, 1.54) is 5.56 Å². The Morgan fingerprint density at radius 2 is 2.05 bits per heavy atom. The van der Waals surface area contributed by atoms with Gasteiger partial charge in [-0.3, -0.25) is 9.89 Å². The van der Waals surface area contributed by atoms with Crippen molar-refractivity contribution in [1.82, 2.24) is 10.2 Å². The van der Waals surface area contributed by atoms with E-state index in [1.54, 1.807) is 0 Å². The summed E-state index contributed by atoms with van der Waals surface area (Å²) in [5, 5.41) is 9.64. The Hall–Kier alpha value is -2.30. The molecule has 2 N–H and O–H groups in total. The number of carbonyl (C=O) groups is 1. The van der Waals surface area contributed by atoms with Gasteiger partial charge in [-0.15, -0.1) is 0 Å². The minimum absolute atomic E-state index is 0.0324. The summed E-state index contributed by atoms with van der Waals surface area (Å²) < 4.78 is 5.44. The molecule has 0 unspecified atom stereocenters. The second-order valence-corrected chi connectivity index (χ2v) is 5.20. The molecule has 1 amide bonds. The van der Waals surface area contributed by atoms with Crippen LogP contribution in [-0.4, -0.2) is 22.7 Å². The molecule has 1 heterocycles. The summed E-state index contributed by atoms with van der Waals surface area (Å²) >= 11 is 0. The van der Waals surface area contributed by atoms with Crippen molar-refractivity contribution >= 4 is 11.7 Å². The molecular formula is C16H21N3O2. The minimum atomic E-state index is -0.226. The van der Waals surface area contributed by atoms with Gasteiger partial charge in [-0.05, 0) is 30.0 Å². The van der Waals surface area contributed by atoms with Crippen LogP contribution in [0.25, 0.3) is 0 Å². The number of rotatable bonds is 6. The largest absolute Gasteiger partial charge is 0.484 e. The summed E-state index contributed by atoms with van der Waals surface area (Å²) in [5.41, 5.74) is 2.23. The van der Waals surface area contributed by atoms with Crippen LogP contribution in [-0.2, 0) is 11.2 Å². The highest BCUT2D eigenvalue weighted by Crippen LogP contribution is 2.15. The number of nitrogens with zero attached hydrogens (tertiary/aromatic N) is 1. The summed E-state index contributed by atoms with van der Waals surface area (Å²) in [7, 11) is 0. The zero-order valence-electron chi connectivity index (χ0n) is 12.6. The first-order chi connectivity index (χ1) is 10.1. The molecule has 1 aromatic carbocycles. The van der Waals surface area contributed by atoms with Crippen LogP contribution < -0.4 is 10.1 Å². The Bertz CT molecular complexity index is 588. The highest BCUT2D eigenvalue weighted by molar-refractivity contribution is 5.90. The van der Waals surface area contributed by atoms with Gasteiger partial charge >= 0.3 is 0 Å². The average Bonchev–Trinajstić information content (AvgIpc) is 2.94. The predicted molar refractivity (Wildman–Crippen MR) is 82.6 cm³/mol. The Kier molecular flexibility index (Phi) is 4.98. The fourth-order valence-electron chi connectivity index (χ4n) is 1.85. The van der Waals surface area contributed by atoms with Crippen LogP contribution in [0, 0.1) is 0 Å². The Morgan fingerprint density at radius 3 is 2.62 bits per heavy atom. The number of aromatic amines is 1. The molecule has 5 nitrogen and oxygen atoms in total. The van der Waals surface area contributed by atoms with E-state index in [1.807, 2.05) is 30.3 Å². The smallest absolute Gasteiger partial charge is 0.263 e. The molecule has 0 saturated carbocycles. The van der Waals surface area contributed by atoms with E-state index in [9.17, 15) is 4.79 Å². The van der Waals surface area contributed by atoms with Gasteiger partial charge in [0.1, 0.15) is 5.75 Å². The van der Waals surface area contributed by atoms with Crippen LogP contribution in [0.2, 0.25) is 0 Å². The van der Waals surface area contributed by atoms with Gasteiger partial charge in [0, 0.05) is 11.8 Å². The number of hydrogen-bond acceptors (Lipinski definition) is 3. The highest BCUT2D eigenvalue weighted by Gasteiger charge is 2.08. The zero-order valence-corrected chi connectivity index (χ0v) is 12.6. The quantitative estimate of drug-likeness (QED) is 0.857. The van der Waals surface area contributed by atoms with Gasteiger partial charge < -0.3 is 10.1 Å². The van der Waals surface area contributed by atoms with Gasteiger partial charge in [0.2, 0.25) is 0 Å². The van der Waals surface area contributed by atoms with Gasteiger partial charge in [0.25, 0.3) is 5.91 Å².